The highest BCUT2D eigenvalue weighted by molar-refractivity contribution is 8.00. The van der Waals surface area contributed by atoms with Gasteiger partial charge in [0, 0.05) is 80.9 Å². The van der Waals surface area contributed by atoms with Crippen molar-refractivity contribution in [2.75, 3.05) is 69.6 Å². The van der Waals surface area contributed by atoms with Crippen molar-refractivity contribution in [1.29, 1.82) is 0 Å². The van der Waals surface area contributed by atoms with E-state index in [0.717, 1.165) is 49.9 Å². The molecule has 2 aliphatic rings. The fourth-order valence-electron chi connectivity index (χ4n) is 4.41. The average Bonchev–Trinajstić information content (AvgIpc) is 2.86. The highest BCUT2D eigenvalue weighted by Gasteiger charge is 2.27. The van der Waals surface area contributed by atoms with Crippen LogP contribution in [-0.2, 0) is 4.79 Å². The molecule has 3 rings (SSSR count). The molecule has 1 aromatic carbocycles. The van der Waals surface area contributed by atoms with E-state index in [0.29, 0.717) is 32.6 Å². The number of thioether (sulfide) groups is 1. The molecule has 36 heavy (non-hydrogen) atoms. The summed E-state index contributed by atoms with van der Waals surface area (Å²) in [6.07, 6.45) is 8.00. The first-order chi connectivity index (χ1) is 17.2. The van der Waals surface area contributed by atoms with Crippen molar-refractivity contribution in [3.8, 4) is 0 Å². The van der Waals surface area contributed by atoms with Crippen molar-refractivity contribution in [3.05, 3.63) is 65.9 Å². The van der Waals surface area contributed by atoms with Crippen LogP contribution in [0, 0.1) is 0 Å². The number of allylic oxidation sites excluding steroid dienone is 3. The average molecular weight is 543 g/mol. The smallest absolute Gasteiger partial charge is 0.369 e. The minimum atomic E-state index is -4.23. The third-order valence-corrected chi connectivity index (χ3v) is 7.29. The van der Waals surface area contributed by atoms with E-state index in [2.05, 4.69) is 33.4 Å². The molecule has 0 unspecified atom stereocenters. The van der Waals surface area contributed by atoms with E-state index in [1.165, 1.54) is 11.8 Å². The molecule has 2 aliphatic heterocycles. The number of hydrogen-bond acceptors (Lipinski definition) is 5. The topological polar surface area (TPSA) is 30.0 Å². The molecule has 0 radical (unpaired) electrons. The Morgan fingerprint density at radius 2 is 1.64 bits per heavy atom. The van der Waals surface area contributed by atoms with Crippen molar-refractivity contribution in [3.63, 3.8) is 0 Å². The van der Waals surface area contributed by atoms with Crippen LogP contribution in [0.25, 0.3) is 0 Å². The van der Waals surface area contributed by atoms with Crippen LogP contribution >= 0.6 is 23.4 Å². The maximum atomic E-state index is 12.7. The summed E-state index contributed by atoms with van der Waals surface area (Å²) in [4.78, 5) is 21.5. The van der Waals surface area contributed by atoms with Crippen LogP contribution in [-0.4, -0.2) is 90.8 Å². The molecule has 2 saturated heterocycles. The van der Waals surface area contributed by atoms with Gasteiger partial charge in [-0.05, 0) is 61.1 Å². The van der Waals surface area contributed by atoms with E-state index in [9.17, 15) is 18.0 Å². The molecular weight excluding hydrogens is 509 g/mol. The van der Waals surface area contributed by atoms with Gasteiger partial charge in [-0.3, -0.25) is 9.69 Å². The molecule has 198 valence electrons. The lowest BCUT2D eigenvalue weighted by atomic mass is 10.2. The van der Waals surface area contributed by atoms with Crippen LogP contribution in [0.4, 0.5) is 18.9 Å². The fraction of sp³-hybridized carbons (Fsp3) is 0.500. The lowest BCUT2D eigenvalue weighted by Crippen LogP contribution is -2.48. The number of anilines is 1. The molecule has 0 aromatic heterocycles. The molecule has 0 bridgehead atoms. The summed E-state index contributed by atoms with van der Waals surface area (Å²) >= 11 is 5.92. The molecule has 0 atom stereocenters. The Hall–Kier alpha value is -2.10. The van der Waals surface area contributed by atoms with Gasteiger partial charge in [0.2, 0.25) is 5.91 Å². The van der Waals surface area contributed by atoms with E-state index >= 15 is 0 Å². The largest absolute Gasteiger partial charge is 0.442 e. The fourth-order valence-corrected chi connectivity index (χ4v) is 4.91. The summed E-state index contributed by atoms with van der Waals surface area (Å²) in [6.45, 7) is 11.0. The zero-order valence-electron chi connectivity index (χ0n) is 20.4. The second-order valence-electron chi connectivity index (χ2n) is 8.76. The minimum Gasteiger partial charge on any atom is -0.369 e. The summed E-state index contributed by atoms with van der Waals surface area (Å²) in [5.74, 6) is 0.0351. The zero-order valence-corrected chi connectivity index (χ0v) is 22.0. The lowest BCUT2D eigenvalue weighted by molar-refractivity contribution is -0.132. The van der Waals surface area contributed by atoms with Crippen molar-refractivity contribution in [2.45, 2.75) is 18.3 Å². The summed E-state index contributed by atoms with van der Waals surface area (Å²) in [5.41, 5.74) is -2.22. The molecule has 10 heteroatoms. The molecule has 0 N–H and O–H groups in total. The van der Waals surface area contributed by atoms with Gasteiger partial charge in [-0.1, -0.05) is 30.3 Å². The van der Waals surface area contributed by atoms with Crippen LogP contribution in [0.5, 0.6) is 0 Å². The van der Waals surface area contributed by atoms with Gasteiger partial charge in [-0.15, -0.1) is 0 Å². The number of alkyl halides is 3. The summed E-state index contributed by atoms with van der Waals surface area (Å²) < 4.78 is 37.0. The number of rotatable bonds is 10. The molecule has 0 aliphatic carbocycles. The third kappa shape index (κ3) is 9.41. The van der Waals surface area contributed by atoms with Gasteiger partial charge >= 0.3 is 5.51 Å². The number of halogens is 4. The zero-order chi connectivity index (χ0) is 26.0. The first kappa shape index (κ1) is 28.5. The quantitative estimate of drug-likeness (QED) is 0.376. The first-order valence-electron chi connectivity index (χ1n) is 12.2. The highest BCUT2D eigenvalue weighted by Crippen LogP contribution is 2.30. The van der Waals surface area contributed by atoms with Crippen LogP contribution in [0.3, 0.4) is 0 Å². The van der Waals surface area contributed by atoms with Gasteiger partial charge in [0.25, 0.3) is 0 Å². The van der Waals surface area contributed by atoms with Crippen LogP contribution in [0.2, 0.25) is 5.02 Å². The predicted octanol–water partition coefficient (Wildman–Crippen LogP) is 5.27. The van der Waals surface area contributed by atoms with Gasteiger partial charge in [-0.25, -0.2) is 0 Å². The molecule has 0 spiro atoms. The standard InChI is InChI=1S/C26H34ClF3N4OS/c1-2-5-23(6-4-21-36-26(28,29)30)33-17-19-34(20-18-33)25(35)7-3-12-31-13-15-32(16-14-31)24-10-8-22(27)9-11-24/h2,4-6,8-11H,1,3,7,12-21H2/b6-4-,23-5+. The maximum absolute atomic E-state index is 12.7. The monoisotopic (exact) mass is 542 g/mol. The molecule has 5 nitrogen and oxygen atoms in total. The van der Waals surface area contributed by atoms with Gasteiger partial charge < -0.3 is 14.7 Å². The maximum Gasteiger partial charge on any atom is 0.442 e. The molecule has 1 amide bonds. The number of nitrogens with zero attached hydrogens (tertiary/aromatic N) is 4. The van der Waals surface area contributed by atoms with Gasteiger partial charge in [-0.2, -0.15) is 13.2 Å². The van der Waals surface area contributed by atoms with E-state index in [4.69, 9.17) is 11.6 Å². The predicted molar refractivity (Wildman–Crippen MR) is 143 cm³/mol. The molecule has 0 saturated carbocycles. The second kappa shape index (κ2) is 14.0. The molecule has 1 aromatic rings. The summed E-state index contributed by atoms with van der Waals surface area (Å²) in [5, 5.41) is 0.744. The number of carbonyl (C=O) groups is 1. The van der Waals surface area contributed by atoms with Crippen molar-refractivity contribution in [2.24, 2.45) is 0 Å². The summed E-state index contributed by atoms with van der Waals surface area (Å²) in [6, 6.07) is 7.94. The van der Waals surface area contributed by atoms with Crippen LogP contribution < -0.4 is 4.90 Å². The Morgan fingerprint density at radius 1 is 1.00 bits per heavy atom. The van der Waals surface area contributed by atoms with Gasteiger partial charge in [0.1, 0.15) is 0 Å². The lowest BCUT2D eigenvalue weighted by Gasteiger charge is -2.37. The minimum absolute atomic E-state index is 0.0597. The van der Waals surface area contributed by atoms with E-state index < -0.39 is 5.51 Å². The van der Waals surface area contributed by atoms with Crippen molar-refractivity contribution in [1.82, 2.24) is 14.7 Å². The Balaban J connectivity index is 1.34. The number of carbonyl (C=O) groups excluding carboxylic acids is 1. The Morgan fingerprint density at radius 3 is 2.25 bits per heavy atom. The van der Waals surface area contributed by atoms with E-state index in [-0.39, 0.29) is 23.4 Å². The number of amides is 1. The highest BCUT2D eigenvalue weighted by atomic mass is 35.5. The third-order valence-electron chi connectivity index (χ3n) is 6.35. The van der Waals surface area contributed by atoms with Crippen molar-refractivity contribution < 1.29 is 18.0 Å². The van der Waals surface area contributed by atoms with Crippen LogP contribution in [0.15, 0.2) is 60.8 Å². The summed E-state index contributed by atoms with van der Waals surface area (Å²) in [7, 11) is 0. The van der Waals surface area contributed by atoms with Crippen LogP contribution in [0.1, 0.15) is 12.8 Å². The van der Waals surface area contributed by atoms with E-state index in [1.807, 2.05) is 17.0 Å². The Labute approximate surface area is 221 Å². The van der Waals surface area contributed by atoms with E-state index in [1.54, 1.807) is 18.2 Å². The number of piperazine rings is 2. The number of hydrogen-bond donors (Lipinski definition) is 0. The Bertz CT molecular complexity index is 907. The van der Waals surface area contributed by atoms with Crippen molar-refractivity contribution >= 4 is 35.0 Å². The number of benzene rings is 1. The molecule has 2 heterocycles. The first-order valence-corrected chi connectivity index (χ1v) is 13.6. The Kier molecular flexibility index (Phi) is 11.1. The molecular formula is C26H34ClF3N4OS. The second-order valence-corrected chi connectivity index (χ2v) is 10.3. The SMILES string of the molecule is C=C/C=C(\C=C/CSC(F)(F)F)N1CCN(C(=O)CCCN2CCN(c3ccc(Cl)cc3)CC2)CC1. The van der Waals surface area contributed by atoms with Gasteiger partial charge in [0.05, 0.1) is 0 Å². The normalized spacial score (nSPS) is 18.2. The molecule has 2 fully saturated rings. The van der Waals surface area contributed by atoms with Gasteiger partial charge in [0.15, 0.2) is 0 Å².